The number of benzene rings is 2. The van der Waals surface area contributed by atoms with Gasteiger partial charge in [0, 0.05) is 49.7 Å². The third kappa shape index (κ3) is 3.13. The van der Waals surface area contributed by atoms with Crippen molar-refractivity contribution < 1.29 is 4.92 Å². The van der Waals surface area contributed by atoms with Gasteiger partial charge in [-0.05, 0) is 43.2 Å². The molecule has 120 valence electrons. The molecule has 1 heterocycles. The second-order valence-electron chi connectivity index (χ2n) is 5.97. The number of nitrogens with zero attached hydrogens (tertiary/aromatic N) is 3. The van der Waals surface area contributed by atoms with Gasteiger partial charge in [-0.25, -0.2) is 0 Å². The molecule has 0 N–H and O–H groups in total. The van der Waals surface area contributed by atoms with Crippen LogP contribution in [0.3, 0.4) is 0 Å². The summed E-state index contributed by atoms with van der Waals surface area (Å²) in [6, 6.07) is 13.3. The van der Waals surface area contributed by atoms with Crippen molar-refractivity contribution >= 4 is 17.1 Å². The van der Waals surface area contributed by atoms with Crippen molar-refractivity contribution in [2.24, 2.45) is 0 Å². The molecule has 0 saturated carbocycles. The summed E-state index contributed by atoms with van der Waals surface area (Å²) in [7, 11) is 0. The third-order valence-corrected chi connectivity index (χ3v) is 4.62. The van der Waals surface area contributed by atoms with E-state index in [9.17, 15) is 10.1 Å². The average molecular weight is 311 g/mol. The minimum Gasteiger partial charge on any atom is -0.368 e. The van der Waals surface area contributed by atoms with E-state index < -0.39 is 0 Å². The lowest BCUT2D eigenvalue weighted by molar-refractivity contribution is -0.384. The summed E-state index contributed by atoms with van der Waals surface area (Å²) in [6.07, 6.45) is 0. The van der Waals surface area contributed by atoms with Crippen molar-refractivity contribution in [3.8, 4) is 0 Å². The Balaban J connectivity index is 1.68. The number of anilines is 2. The lowest BCUT2D eigenvalue weighted by Crippen LogP contribution is -2.46. The fraction of sp³-hybridized carbons (Fsp3) is 0.333. The minimum absolute atomic E-state index is 0.141. The van der Waals surface area contributed by atoms with Gasteiger partial charge in [-0.1, -0.05) is 12.1 Å². The van der Waals surface area contributed by atoms with Crippen molar-refractivity contribution in [3.05, 3.63) is 63.7 Å². The van der Waals surface area contributed by atoms with Crippen molar-refractivity contribution in [3.63, 3.8) is 0 Å². The maximum absolute atomic E-state index is 10.7. The summed E-state index contributed by atoms with van der Waals surface area (Å²) in [5, 5.41) is 10.7. The van der Waals surface area contributed by atoms with Crippen LogP contribution in [-0.4, -0.2) is 31.1 Å². The van der Waals surface area contributed by atoms with Crippen molar-refractivity contribution in [1.29, 1.82) is 0 Å². The molecule has 0 bridgehead atoms. The minimum atomic E-state index is -0.359. The van der Waals surface area contributed by atoms with E-state index in [1.807, 2.05) is 12.1 Å². The highest BCUT2D eigenvalue weighted by molar-refractivity contribution is 5.58. The average Bonchev–Trinajstić information content (AvgIpc) is 2.58. The van der Waals surface area contributed by atoms with Crippen LogP contribution in [0.1, 0.15) is 11.1 Å². The molecule has 1 fully saturated rings. The van der Waals surface area contributed by atoms with E-state index in [-0.39, 0.29) is 10.6 Å². The van der Waals surface area contributed by atoms with Gasteiger partial charge in [0.25, 0.3) is 5.69 Å². The van der Waals surface area contributed by atoms with Crippen molar-refractivity contribution in [2.45, 2.75) is 13.8 Å². The Morgan fingerprint density at radius 1 is 0.913 bits per heavy atom. The number of rotatable bonds is 3. The van der Waals surface area contributed by atoms with E-state index in [2.05, 4.69) is 41.8 Å². The van der Waals surface area contributed by atoms with Crippen LogP contribution in [0.15, 0.2) is 42.5 Å². The van der Waals surface area contributed by atoms with Crippen molar-refractivity contribution in [1.82, 2.24) is 0 Å². The molecule has 1 aliphatic heterocycles. The smallest absolute Gasteiger partial charge is 0.269 e. The summed E-state index contributed by atoms with van der Waals surface area (Å²) in [6.45, 7) is 8.08. The Morgan fingerprint density at radius 3 is 2.13 bits per heavy atom. The SMILES string of the molecule is Cc1cccc(N2CCN(c3ccc([N+](=O)[O-])cc3)CC2)c1C. The first-order valence-corrected chi connectivity index (χ1v) is 7.87. The van der Waals surface area contributed by atoms with Crippen LogP contribution < -0.4 is 9.80 Å². The highest BCUT2D eigenvalue weighted by Gasteiger charge is 2.19. The summed E-state index contributed by atoms with van der Waals surface area (Å²) in [5.41, 5.74) is 5.17. The fourth-order valence-electron chi connectivity index (χ4n) is 3.07. The largest absolute Gasteiger partial charge is 0.368 e. The summed E-state index contributed by atoms with van der Waals surface area (Å²) >= 11 is 0. The first-order chi connectivity index (χ1) is 11.1. The van der Waals surface area contributed by atoms with Crippen molar-refractivity contribution in [2.75, 3.05) is 36.0 Å². The number of aryl methyl sites for hydroxylation is 1. The number of non-ortho nitro benzene ring substituents is 1. The Hall–Kier alpha value is -2.56. The molecule has 3 rings (SSSR count). The van der Waals surface area contributed by atoms with Gasteiger partial charge in [0.1, 0.15) is 0 Å². The van der Waals surface area contributed by atoms with Crippen LogP contribution in [0.25, 0.3) is 0 Å². The second-order valence-corrected chi connectivity index (χ2v) is 5.97. The maximum atomic E-state index is 10.7. The number of hydrogen-bond donors (Lipinski definition) is 0. The zero-order chi connectivity index (χ0) is 16.4. The van der Waals surface area contributed by atoms with Crippen LogP contribution in [0.4, 0.5) is 17.1 Å². The monoisotopic (exact) mass is 311 g/mol. The normalized spacial score (nSPS) is 14.9. The highest BCUT2D eigenvalue weighted by Crippen LogP contribution is 2.26. The number of piperazine rings is 1. The standard InChI is InChI=1S/C18H21N3O2/c1-14-4-3-5-18(15(14)2)20-12-10-19(11-13-20)16-6-8-17(9-7-16)21(22)23/h3-9H,10-13H2,1-2H3. The molecule has 1 aliphatic rings. The molecule has 2 aromatic carbocycles. The zero-order valence-corrected chi connectivity index (χ0v) is 13.5. The highest BCUT2D eigenvalue weighted by atomic mass is 16.6. The number of hydrogen-bond acceptors (Lipinski definition) is 4. The zero-order valence-electron chi connectivity index (χ0n) is 13.5. The van der Waals surface area contributed by atoms with Gasteiger partial charge in [-0.15, -0.1) is 0 Å². The molecule has 0 amide bonds. The first kappa shape index (κ1) is 15.3. The Kier molecular flexibility index (Phi) is 4.19. The van der Waals surface area contributed by atoms with Gasteiger partial charge < -0.3 is 9.80 Å². The molecule has 0 aliphatic carbocycles. The van der Waals surface area contributed by atoms with E-state index in [1.165, 1.54) is 16.8 Å². The van der Waals surface area contributed by atoms with Gasteiger partial charge >= 0.3 is 0 Å². The second kappa shape index (κ2) is 6.28. The molecule has 0 unspecified atom stereocenters. The van der Waals surface area contributed by atoms with Gasteiger partial charge in [0.2, 0.25) is 0 Å². The van der Waals surface area contributed by atoms with E-state index in [1.54, 1.807) is 12.1 Å². The van der Waals surface area contributed by atoms with Gasteiger partial charge in [-0.3, -0.25) is 10.1 Å². The lowest BCUT2D eigenvalue weighted by Gasteiger charge is -2.38. The molecule has 0 atom stereocenters. The Bertz CT molecular complexity index is 705. The molecule has 0 spiro atoms. The predicted molar refractivity (Wildman–Crippen MR) is 93.4 cm³/mol. The predicted octanol–water partition coefficient (Wildman–Crippen LogP) is 3.54. The quantitative estimate of drug-likeness (QED) is 0.642. The first-order valence-electron chi connectivity index (χ1n) is 7.87. The van der Waals surface area contributed by atoms with E-state index in [4.69, 9.17) is 0 Å². The molecule has 1 saturated heterocycles. The molecule has 0 radical (unpaired) electrons. The van der Waals surface area contributed by atoms with E-state index in [0.717, 1.165) is 31.9 Å². The lowest BCUT2D eigenvalue weighted by atomic mass is 10.1. The van der Waals surface area contributed by atoms with Gasteiger partial charge in [0.15, 0.2) is 0 Å². The Labute approximate surface area is 136 Å². The fourth-order valence-corrected chi connectivity index (χ4v) is 3.07. The molecular weight excluding hydrogens is 290 g/mol. The molecular formula is C18H21N3O2. The van der Waals surface area contributed by atoms with Gasteiger partial charge in [0.05, 0.1) is 4.92 Å². The summed E-state index contributed by atoms with van der Waals surface area (Å²) < 4.78 is 0. The Morgan fingerprint density at radius 2 is 1.52 bits per heavy atom. The molecule has 5 heteroatoms. The van der Waals surface area contributed by atoms with E-state index >= 15 is 0 Å². The molecule has 5 nitrogen and oxygen atoms in total. The van der Waals surface area contributed by atoms with Crippen LogP contribution >= 0.6 is 0 Å². The molecule has 0 aromatic heterocycles. The van der Waals surface area contributed by atoms with Crippen LogP contribution in [0, 0.1) is 24.0 Å². The maximum Gasteiger partial charge on any atom is 0.269 e. The summed E-state index contributed by atoms with van der Waals surface area (Å²) in [5.74, 6) is 0. The number of nitro groups is 1. The van der Waals surface area contributed by atoms with Crippen LogP contribution in [0.2, 0.25) is 0 Å². The molecule has 23 heavy (non-hydrogen) atoms. The summed E-state index contributed by atoms with van der Waals surface area (Å²) in [4.78, 5) is 15.1. The number of nitro benzene ring substituents is 1. The van der Waals surface area contributed by atoms with Gasteiger partial charge in [-0.2, -0.15) is 0 Å². The van der Waals surface area contributed by atoms with Crippen LogP contribution in [0.5, 0.6) is 0 Å². The topological polar surface area (TPSA) is 49.6 Å². The van der Waals surface area contributed by atoms with E-state index in [0.29, 0.717) is 0 Å². The third-order valence-electron chi connectivity index (χ3n) is 4.62. The van der Waals surface area contributed by atoms with Crippen LogP contribution in [-0.2, 0) is 0 Å². The molecule has 2 aromatic rings.